The summed E-state index contributed by atoms with van der Waals surface area (Å²) in [6.07, 6.45) is -0.431. The number of halogens is 1. The van der Waals surface area contributed by atoms with E-state index in [1.807, 2.05) is 24.3 Å². The second-order valence-electron chi connectivity index (χ2n) is 2.28. The van der Waals surface area contributed by atoms with Crippen LogP contribution in [0.1, 0.15) is 6.92 Å². The molecule has 0 saturated heterocycles. The van der Waals surface area contributed by atoms with Crippen LogP contribution in [0.25, 0.3) is 0 Å². The molecule has 1 aromatic rings. The Labute approximate surface area is 79.5 Å². The molecule has 0 fully saturated rings. The molecule has 1 rings (SSSR count). The molecular weight excluding hydrogens is 222 g/mol. The van der Waals surface area contributed by atoms with Crippen LogP contribution in [-0.2, 0) is 4.84 Å². The van der Waals surface area contributed by atoms with Crippen LogP contribution < -0.4 is 10.6 Å². The highest BCUT2D eigenvalue weighted by Crippen LogP contribution is 2.18. The van der Waals surface area contributed by atoms with Crippen LogP contribution in [0.2, 0.25) is 0 Å². The Kier molecular flexibility index (Phi) is 3.52. The van der Waals surface area contributed by atoms with Gasteiger partial charge in [0.15, 0.2) is 0 Å². The molecule has 0 spiro atoms. The normalized spacial score (nSPS) is 12.6. The van der Waals surface area contributed by atoms with E-state index in [-0.39, 0.29) is 0 Å². The van der Waals surface area contributed by atoms with Crippen molar-refractivity contribution in [3.05, 3.63) is 28.7 Å². The molecule has 0 aliphatic carbocycles. The molecule has 0 bridgehead atoms. The van der Waals surface area contributed by atoms with E-state index >= 15 is 0 Å². The fraction of sp³-hybridized carbons (Fsp3) is 0.250. The summed E-state index contributed by atoms with van der Waals surface area (Å²) >= 11 is 3.32. The minimum atomic E-state index is -0.431. The van der Waals surface area contributed by atoms with Crippen molar-refractivity contribution < 1.29 is 9.57 Å². The topological polar surface area (TPSA) is 44.5 Å². The Morgan fingerprint density at radius 3 is 2.83 bits per heavy atom. The monoisotopic (exact) mass is 231 g/mol. The van der Waals surface area contributed by atoms with Crippen LogP contribution in [0, 0.1) is 0 Å². The van der Waals surface area contributed by atoms with Gasteiger partial charge in [0.2, 0.25) is 6.29 Å². The molecular formula is C8H10BrNO2. The Morgan fingerprint density at radius 2 is 2.25 bits per heavy atom. The largest absolute Gasteiger partial charge is 0.464 e. The predicted molar refractivity (Wildman–Crippen MR) is 49.5 cm³/mol. The van der Waals surface area contributed by atoms with Gasteiger partial charge in [-0.05, 0) is 25.1 Å². The summed E-state index contributed by atoms with van der Waals surface area (Å²) in [6.45, 7) is 1.72. The van der Waals surface area contributed by atoms with Crippen molar-refractivity contribution >= 4 is 15.9 Å². The van der Waals surface area contributed by atoms with Gasteiger partial charge in [-0.25, -0.2) is 5.90 Å². The number of ether oxygens (including phenoxy) is 1. The second kappa shape index (κ2) is 4.45. The van der Waals surface area contributed by atoms with Crippen LogP contribution in [0.5, 0.6) is 5.75 Å². The standard InChI is InChI=1S/C8H10BrNO2/c1-6(12-10)11-8-4-2-3-7(9)5-8/h2-6H,10H2,1H3. The number of rotatable bonds is 3. The van der Waals surface area contributed by atoms with Crippen LogP contribution in [-0.4, -0.2) is 6.29 Å². The number of benzene rings is 1. The summed E-state index contributed by atoms with van der Waals surface area (Å²) < 4.78 is 6.23. The maximum atomic E-state index is 5.27. The van der Waals surface area contributed by atoms with Gasteiger partial charge in [0, 0.05) is 4.47 Å². The Balaban J connectivity index is 2.63. The predicted octanol–water partition coefficient (Wildman–Crippen LogP) is 2.06. The third kappa shape index (κ3) is 2.81. The van der Waals surface area contributed by atoms with E-state index in [0.29, 0.717) is 0 Å². The Morgan fingerprint density at radius 1 is 1.50 bits per heavy atom. The zero-order chi connectivity index (χ0) is 8.97. The molecule has 12 heavy (non-hydrogen) atoms. The van der Waals surface area contributed by atoms with E-state index in [9.17, 15) is 0 Å². The maximum absolute atomic E-state index is 5.27. The molecule has 0 radical (unpaired) electrons. The van der Waals surface area contributed by atoms with Crippen molar-refractivity contribution in [3.8, 4) is 5.75 Å². The van der Waals surface area contributed by atoms with E-state index in [4.69, 9.17) is 10.6 Å². The first-order valence-corrected chi connectivity index (χ1v) is 4.29. The van der Waals surface area contributed by atoms with Gasteiger partial charge in [-0.15, -0.1) is 0 Å². The summed E-state index contributed by atoms with van der Waals surface area (Å²) in [4.78, 5) is 4.46. The van der Waals surface area contributed by atoms with Gasteiger partial charge in [0.1, 0.15) is 5.75 Å². The fourth-order valence-electron chi connectivity index (χ4n) is 0.760. The molecule has 0 heterocycles. The van der Waals surface area contributed by atoms with Crippen molar-refractivity contribution in [3.63, 3.8) is 0 Å². The number of hydrogen-bond acceptors (Lipinski definition) is 3. The highest BCUT2D eigenvalue weighted by atomic mass is 79.9. The Bertz CT molecular complexity index is 255. The molecule has 1 aromatic carbocycles. The van der Waals surface area contributed by atoms with E-state index in [2.05, 4.69) is 20.8 Å². The molecule has 66 valence electrons. The van der Waals surface area contributed by atoms with E-state index < -0.39 is 6.29 Å². The van der Waals surface area contributed by atoms with Gasteiger partial charge < -0.3 is 4.74 Å². The first kappa shape index (κ1) is 9.51. The minimum Gasteiger partial charge on any atom is -0.464 e. The van der Waals surface area contributed by atoms with Gasteiger partial charge in [0.05, 0.1) is 0 Å². The lowest BCUT2D eigenvalue weighted by molar-refractivity contribution is -0.0688. The van der Waals surface area contributed by atoms with Crippen LogP contribution in [0.4, 0.5) is 0 Å². The molecule has 0 aromatic heterocycles. The van der Waals surface area contributed by atoms with Gasteiger partial charge in [-0.2, -0.15) is 0 Å². The average Bonchev–Trinajstić information content (AvgIpc) is 2.04. The summed E-state index contributed by atoms with van der Waals surface area (Å²) in [5.41, 5.74) is 0. The van der Waals surface area contributed by atoms with E-state index in [1.165, 1.54) is 0 Å². The van der Waals surface area contributed by atoms with E-state index in [0.717, 1.165) is 10.2 Å². The minimum absolute atomic E-state index is 0.431. The van der Waals surface area contributed by atoms with Crippen LogP contribution in [0.15, 0.2) is 28.7 Å². The molecule has 0 saturated carbocycles. The molecule has 4 heteroatoms. The van der Waals surface area contributed by atoms with Gasteiger partial charge in [-0.1, -0.05) is 22.0 Å². The molecule has 3 nitrogen and oxygen atoms in total. The molecule has 0 aliphatic rings. The van der Waals surface area contributed by atoms with Crippen molar-refractivity contribution in [2.24, 2.45) is 5.90 Å². The maximum Gasteiger partial charge on any atom is 0.214 e. The summed E-state index contributed by atoms with van der Waals surface area (Å²) in [6, 6.07) is 7.47. The van der Waals surface area contributed by atoms with Gasteiger partial charge in [-0.3, -0.25) is 4.84 Å². The van der Waals surface area contributed by atoms with Crippen LogP contribution >= 0.6 is 15.9 Å². The lowest BCUT2D eigenvalue weighted by Crippen LogP contribution is -2.19. The summed E-state index contributed by atoms with van der Waals surface area (Å²) in [7, 11) is 0. The molecule has 0 amide bonds. The third-order valence-electron chi connectivity index (χ3n) is 1.29. The molecule has 0 aliphatic heterocycles. The zero-order valence-corrected chi connectivity index (χ0v) is 8.24. The lowest BCUT2D eigenvalue weighted by atomic mass is 10.3. The zero-order valence-electron chi connectivity index (χ0n) is 6.66. The summed E-state index contributed by atoms with van der Waals surface area (Å²) in [5, 5.41) is 0. The quantitative estimate of drug-likeness (QED) is 0.640. The van der Waals surface area contributed by atoms with Crippen molar-refractivity contribution in [2.75, 3.05) is 0 Å². The summed E-state index contributed by atoms with van der Waals surface area (Å²) in [5.74, 6) is 5.65. The smallest absolute Gasteiger partial charge is 0.214 e. The van der Waals surface area contributed by atoms with Gasteiger partial charge >= 0.3 is 0 Å². The van der Waals surface area contributed by atoms with Gasteiger partial charge in [0.25, 0.3) is 0 Å². The SMILES string of the molecule is CC(ON)Oc1cccc(Br)c1. The fourth-order valence-corrected chi connectivity index (χ4v) is 1.14. The van der Waals surface area contributed by atoms with Crippen molar-refractivity contribution in [1.82, 2.24) is 0 Å². The van der Waals surface area contributed by atoms with Crippen molar-refractivity contribution in [1.29, 1.82) is 0 Å². The Hall–Kier alpha value is -0.580. The second-order valence-corrected chi connectivity index (χ2v) is 3.19. The highest BCUT2D eigenvalue weighted by Gasteiger charge is 2.01. The van der Waals surface area contributed by atoms with E-state index in [1.54, 1.807) is 6.92 Å². The third-order valence-corrected chi connectivity index (χ3v) is 1.78. The highest BCUT2D eigenvalue weighted by molar-refractivity contribution is 9.10. The molecule has 1 unspecified atom stereocenters. The first-order chi connectivity index (χ1) is 5.72. The van der Waals surface area contributed by atoms with Crippen molar-refractivity contribution in [2.45, 2.75) is 13.2 Å². The number of hydrogen-bond donors (Lipinski definition) is 1. The number of nitrogens with two attached hydrogens (primary N) is 1. The first-order valence-electron chi connectivity index (χ1n) is 3.50. The lowest BCUT2D eigenvalue weighted by Gasteiger charge is -2.11. The average molecular weight is 232 g/mol. The van der Waals surface area contributed by atoms with Crippen LogP contribution in [0.3, 0.4) is 0 Å². The molecule has 2 N–H and O–H groups in total. The molecule has 1 atom stereocenters.